The molecule has 0 amide bonds. The van der Waals surface area contributed by atoms with E-state index in [1.54, 1.807) is 21.6 Å². The molecule has 8 nitrogen and oxygen atoms in total. The van der Waals surface area contributed by atoms with E-state index in [2.05, 4.69) is 0 Å². The molecule has 5 N–H and O–H groups in total. The molecule has 0 saturated carbocycles. The summed E-state index contributed by atoms with van der Waals surface area (Å²) in [5.74, 6) is 1.26. The van der Waals surface area contributed by atoms with Crippen LogP contribution in [0.5, 0.6) is 0 Å². The summed E-state index contributed by atoms with van der Waals surface area (Å²) in [6.45, 7) is 2.04. The van der Waals surface area contributed by atoms with Crippen LogP contribution in [-0.4, -0.2) is 54.9 Å². The van der Waals surface area contributed by atoms with Gasteiger partial charge < -0.3 is 11.5 Å². The first-order valence-corrected chi connectivity index (χ1v) is 10.7. The van der Waals surface area contributed by atoms with Gasteiger partial charge in [0.15, 0.2) is 0 Å². The number of rotatable bonds is 9. The quantitative estimate of drug-likeness (QED) is 0.280. The predicted molar refractivity (Wildman–Crippen MR) is 81.9 cm³/mol. The van der Waals surface area contributed by atoms with Gasteiger partial charge in [0.2, 0.25) is 0 Å². The van der Waals surface area contributed by atoms with Crippen LogP contribution in [0.4, 0.5) is 0 Å². The van der Waals surface area contributed by atoms with Gasteiger partial charge in [0.1, 0.15) is 0 Å². The lowest BCUT2D eigenvalue weighted by Gasteiger charge is -2.11. The third kappa shape index (κ3) is 23.3. The molecule has 0 unspecified atom stereocenters. The van der Waals surface area contributed by atoms with Crippen molar-refractivity contribution in [1.82, 2.24) is 0 Å². The summed E-state index contributed by atoms with van der Waals surface area (Å²) < 4.78 is 54.8. The van der Waals surface area contributed by atoms with Crippen LogP contribution in [0.3, 0.4) is 0 Å². The standard InChI is InChI=1S/C8H20N2O3S3.O3S/c1-2-7(9)5-14-15-6-8(10)3-4-16(11,12)13;1-4(2)3/h7-8H,2-6,9-10H2,1H3,(H,11,12,13);/t7-,8-;/m0./s1. The lowest BCUT2D eigenvalue weighted by Crippen LogP contribution is -2.26. The minimum atomic E-state index is -3.88. The largest absolute Gasteiger partial charge is 0.425 e. The summed E-state index contributed by atoms with van der Waals surface area (Å²) in [7, 11) is -3.76. The van der Waals surface area contributed by atoms with Crippen molar-refractivity contribution >= 4 is 42.3 Å². The van der Waals surface area contributed by atoms with Crippen molar-refractivity contribution in [3.8, 4) is 0 Å². The maximum atomic E-state index is 10.5. The Labute approximate surface area is 128 Å². The minimum absolute atomic E-state index is 0.201. The Hall–Kier alpha value is 0.150. The Balaban J connectivity index is 0. The zero-order chi connectivity index (χ0) is 16.2. The second-order valence-electron chi connectivity index (χ2n) is 3.78. The van der Waals surface area contributed by atoms with Crippen LogP contribution in [0.25, 0.3) is 0 Å². The molecular formula is C8H20N2O6S4. The lowest BCUT2D eigenvalue weighted by molar-refractivity contribution is 0.478. The summed E-state index contributed by atoms with van der Waals surface area (Å²) in [6.07, 6.45) is 1.23. The molecule has 0 spiro atoms. The van der Waals surface area contributed by atoms with E-state index in [-0.39, 0.29) is 24.3 Å². The first-order valence-electron chi connectivity index (χ1n) is 5.56. The number of hydrogen-bond acceptors (Lipinski definition) is 9. The maximum Gasteiger partial charge on any atom is 0.425 e. The monoisotopic (exact) mass is 368 g/mol. The zero-order valence-corrected chi connectivity index (χ0v) is 14.2. The fourth-order valence-electron chi connectivity index (χ4n) is 0.773. The highest BCUT2D eigenvalue weighted by Gasteiger charge is 2.10. The van der Waals surface area contributed by atoms with Gasteiger partial charge in [-0.05, 0) is 12.8 Å². The van der Waals surface area contributed by atoms with Crippen LogP contribution in [0, 0.1) is 0 Å². The number of hydrogen-bond donors (Lipinski definition) is 3. The fourth-order valence-corrected chi connectivity index (χ4v) is 3.94. The van der Waals surface area contributed by atoms with Crippen LogP contribution in [0.2, 0.25) is 0 Å². The van der Waals surface area contributed by atoms with Crippen molar-refractivity contribution in [2.75, 3.05) is 17.3 Å². The summed E-state index contributed by atoms with van der Waals surface area (Å²) >= 11 is 0. The first-order chi connectivity index (χ1) is 9.08. The molecule has 122 valence electrons. The van der Waals surface area contributed by atoms with E-state index in [0.29, 0.717) is 5.75 Å². The third-order valence-electron chi connectivity index (χ3n) is 1.92. The number of nitrogens with two attached hydrogens (primary N) is 2. The van der Waals surface area contributed by atoms with E-state index < -0.39 is 20.7 Å². The summed E-state index contributed by atoms with van der Waals surface area (Å²) in [6, 6.07) is -0.0104. The van der Waals surface area contributed by atoms with Gasteiger partial charge in [-0.15, -0.1) is 12.6 Å². The van der Waals surface area contributed by atoms with Gasteiger partial charge >= 0.3 is 10.6 Å². The van der Waals surface area contributed by atoms with E-state index in [9.17, 15) is 8.42 Å². The molecule has 0 aromatic carbocycles. The molecule has 0 aromatic rings. The smallest absolute Gasteiger partial charge is 0.327 e. The molecule has 0 saturated heterocycles. The molecule has 0 rings (SSSR count). The van der Waals surface area contributed by atoms with Crippen molar-refractivity contribution in [3.05, 3.63) is 0 Å². The highest BCUT2D eigenvalue weighted by atomic mass is 33.1. The maximum absolute atomic E-state index is 10.5. The summed E-state index contributed by atoms with van der Waals surface area (Å²) in [5, 5.41) is 0. The molecular weight excluding hydrogens is 348 g/mol. The Kier molecular flexibility index (Phi) is 14.4. The minimum Gasteiger partial charge on any atom is -0.327 e. The fraction of sp³-hybridized carbons (Fsp3) is 1.00. The summed E-state index contributed by atoms with van der Waals surface area (Å²) in [5.41, 5.74) is 11.4. The van der Waals surface area contributed by atoms with Crippen LogP contribution in [0.15, 0.2) is 0 Å². The molecule has 20 heavy (non-hydrogen) atoms. The van der Waals surface area contributed by atoms with Crippen LogP contribution < -0.4 is 11.5 Å². The Morgan fingerprint density at radius 3 is 1.85 bits per heavy atom. The van der Waals surface area contributed by atoms with Gasteiger partial charge in [-0.3, -0.25) is 4.55 Å². The van der Waals surface area contributed by atoms with E-state index >= 15 is 0 Å². The van der Waals surface area contributed by atoms with E-state index in [1.807, 2.05) is 6.92 Å². The van der Waals surface area contributed by atoms with Gasteiger partial charge in [0.05, 0.1) is 5.75 Å². The second kappa shape index (κ2) is 12.9. The topological polar surface area (TPSA) is 158 Å². The van der Waals surface area contributed by atoms with Crippen molar-refractivity contribution in [2.24, 2.45) is 11.5 Å². The lowest BCUT2D eigenvalue weighted by atomic mass is 10.3. The first kappa shape index (κ1) is 22.4. The SMILES string of the molecule is CC[C@H](N)CSSC[C@@H](N)CCS(=O)(=O)O.O=S(=O)=O. The Morgan fingerprint density at radius 2 is 1.50 bits per heavy atom. The van der Waals surface area contributed by atoms with Crippen LogP contribution in [-0.2, 0) is 20.7 Å². The molecule has 0 aliphatic carbocycles. The summed E-state index contributed by atoms with van der Waals surface area (Å²) in [4.78, 5) is 0. The van der Waals surface area contributed by atoms with Gasteiger partial charge in [0.25, 0.3) is 10.1 Å². The van der Waals surface area contributed by atoms with Crippen molar-refractivity contribution in [1.29, 1.82) is 0 Å². The molecule has 2 atom stereocenters. The highest BCUT2D eigenvalue weighted by Crippen LogP contribution is 2.23. The Morgan fingerprint density at radius 1 is 1.10 bits per heavy atom. The normalized spacial score (nSPS) is 14.0. The van der Waals surface area contributed by atoms with Crippen molar-refractivity contribution in [2.45, 2.75) is 31.8 Å². The third-order valence-corrected chi connectivity index (χ3v) is 5.28. The van der Waals surface area contributed by atoms with Crippen LogP contribution >= 0.6 is 21.6 Å². The molecule has 0 aliphatic heterocycles. The zero-order valence-electron chi connectivity index (χ0n) is 11.0. The highest BCUT2D eigenvalue weighted by molar-refractivity contribution is 8.76. The van der Waals surface area contributed by atoms with Crippen LogP contribution in [0.1, 0.15) is 19.8 Å². The molecule has 0 radical (unpaired) electrons. The van der Waals surface area contributed by atoms with E-state index in [1.165, 1.54) is 0 Å². The van der Waals surface area contributed by atoms with Crippen molar-refractivity contribution < 1.29 is 25.6 Å². The van der Waals surface area contributed by atoms with E-state index in [0.717, 1.165) is 12.2 Å². The molecule has 0 fully saturated rings. The Bertz CT molecular complexity index is 430. The van der Waals surface area contributed by atoms with Gasteiger partial charge in [0, 0.05) is 23.6 Å². The molecule has 12 heteroatoms. The molecule has 0 bridgehead atoms. The predicted octanol–water partition coefficient (Wildman–Crippen LogP) is -0.294. The average molecular weight is 369 g/mol. The average Bonchev–Trinajstić information content (AvgIpc) is 2.30. The molecule has 0 heterocycles. The van der Waals surface area contributed by atoms with Crippen molar-refractivity contribution in [3.63, 3.8) is 0 Å². The molecule has 0 aromatic heterocycles. The van der Waals surface area contributed by atoms with Gasteiger partial charge in [-0.25, -0.2) is 0 Å². The second-order valence-corrected chi connectivity index (χ2v) is 8.31. The molecule has 0 aliphatic rings. The van der Waals surface area contributed by atoms with Gasteiger partial charge in [-0.1, -0.05) is 28.5 Å². The van der Waals surface area contributed by atoms with Gasteiger partial charge in [-0.2, -0.15) is 8.42 Å². The van der Waals surface area contributed by atoms with E-state index in [4.69, 9.17) is 28.6 Å².